The Hall–Kier alpha value is -6.79. The van der Waals surface area contributed by atoms with Gasteiger partial charge >= 0.3 is 0 Å². The Balaban J connectivity index is 0.000000194. The fourth-order valence-electron chi connectivity index (χ4n) is 8.36. The maximum absolute atomic E-state index is 10.0. The van der Waals surface area contributed by atoms with Gasteiger partial charge in [0.05, 0.1) is 17.1 Å². The van der Waals surface area contributed by atoms with Crippen molar-refractivity contribution in [3.63, 3.8) is 0 Å². The number of rotatable bonds is 6. The molecule has 0 unspecified atom stereocenters. The molecule has 6 aromatic carbocycles. The number of fused-ring (bicyclic) bond motifs is 3. The number of aliphatic hydroxyl groups excluding tert-OH is 1. The number of carbonyl (C=O) groups excluding carboxylic acids is 1. The molecule has 0 aliphatic heterocycles. The number of pyridine rings is 2. The Labute approximate surface area is 440 Å². The molecule has 0 saturated heterocycles. The van der Waals surface area contributed by atoms with Crippen LogP contribution in [-0.2, 0) is 51.4 Å². The number of aryl methyl sites for hydroxylation is 6. The van der Waals surface area contributed by atoms with E-state index >= 15 is 0 Å². The molecule has 0 bridgehead atoms. The number of allylic oxidation sites excluding steroid dienone is 2. The van der Waals surface area contributed by atoms with Crippen LogP contribution in [0.1, 0.15) is 58.4 Å². The van der Waals surface area contributed by atoms with E-state index in [2.05, 4.69) is 155 Å². The molecule has 356 valence electrons. The molecule has 3 aromatic heterocycles. The van der Waals surface area contributed by atoms with Gasteiger partial charge in [-0.25, -0.2) is 0 Å². The summed E-state index contributed by atoms with van der Waals surface area (Å²) < 4.78 is 0. The summed E-state index contributed by atoms with van der Waals surface area (Å²) in [6, 6.07) is 59.5. The van der Waals surface area contributed by atoms with Crippen molar-refractivity contribution < 1.29 is 50.1 Å². The van der Waals surface area contributed by atoms with E-state index in [-0.39, 0.29) is 51.8 Å². The van der Waals surface area contributed by atoms with E-state index in [1.807, 2.05) is 73.1 Å². The van der Waals surface area contributed by atoms with Crippen molar-refractivity contribution in [3.8, 4) is 67.4 Å². The summed E-state index contributed by atoms with van der Waals surface area (Å²) in [5.74, 6) is -0.0625. The Bertz CT molecular complexity index is 3110. The Morgan fingerprint density at radius 3 is 1.77 bits per heavy atom. The second kappa shape index (κ2) is 25.7. The molecule has 9 aromatic rings. The van der Waals surface area contributed by atoms with Crippen LogP contribution in [0, 0.1) is 59.7 Å². The first-order valence-electron chi connectivity index (χ1n) is 22.7. The fourth-order valence-corrected chi connectivity index (χ4v) is 8.36. The van der Waals surface area contributed by atoms with Crippen molar-refractivity contribution in [1.29, 1.82) is 0 Å². The normalized spacial score (nSPS) is 10.8. The molecule has 6 nitrogen and oxygen atoms in total. The predicted octanol–water partition coefficient (Wildman–Crippen LogP) is 14.8. The molecule has 0 atom stereocenters. The number of hydrogen-bond donors (Lipinski definition) is 1. The van der Waals surface area contributed by atoms with Crippen LogP contribution in [0.4, 0.5) is 0 Å². The van der Waals surface area contributed by atoms with Gasteiger partial charge in [0.25, 0.3) is 0 Å². The van der Waals surface area contributed by atoms with Crippen LogP contribution < -0.4 is 0 Å². The molecule has 0 amide bonds. The molecule has 0 fully saturated rings. The van der Waals surface area contributed by atoms with E-state index in [9.17, 15) is 4.79 Å². The number of nitrogens with zero attached hydrogens (tertiary/aromatic N) is 4. The quantitative estimate of drug-likeness (QED) is 0.101. The first-order valence-corrected chi connectivity index (χ1v) is 22.7. The predicted molar refractivity (Wildman–Crippen MR) is 278 cm³/mol. The summed E-state index contributed by atoms with van der Waals surface area (Å²) in [7, 11) is 0. The van der Waals surface area contributed by atoms with Crippen LogP contribution in [0.15, 0.2) is 176 Å². The first-order chi connectivity index (χ1) is 32.8. The number of ketones is 1. The summed E-state index contributed by atoms with van der Waals surface area (Å²) in [4.78, 5) is 28.9. The third-order valence-electron chi connectivity index (χ3n) is 11.1. The third kappa shape index (κ3) is 14.4. The minimum Gasteiger partial charge on any atom is -0.512 e. The van der Waals surface area contributed by atoms with E-state index in [1.165, 1.54) is 70.0 Å². The summed E-state index contributed by atoms with van der Waals surface area (Å²) in [5, 5.41) is 8.36. The summed E-state index contributed by atoms with van der Waals surface area (Å²) in [5.41, 5.74) is 22.5. The SMILES string of the molecule is CC(=O)C=C(C)O.Cc1[c-]c(-c2ncc(-c3c(C)cccc3C)nc2-c2cc(C)cc(C)c2)cc(C)c1.[Ir].[Ir].[c-]1ccccc1-c1cc2c(cn1)-c1ccccc1C2.[c-]1ccccc1-c1ccccn1. The molecule has 0 saturated carbocycles. The van der Waals surface area contributed by atoms with Gasteiger partial charge in [0, 0.05) is 81.7 Å². The molecular weight excluding hydrogens is 1220 g/mol. The molecule has 1 aliphatic rings. The number of aliphatic hydroxyl groups is 1. The van der Waals surface area contributed by atoms with Gasteiger partial charge in [0.2, 0.25) is 0 Å². The molecular formula is C62H55Ir2N4O2-3. The Morgan fingerprint density at radius 2 is 1.19 bits per heavy atom. The summed E-state index contributed by atoms with van der Waals surface area (Å²) >= 11 is 0. The van der Waals surface area contributed by atoms with Crippen molar-refractivity contribution in [2.24, 2.45) is 0 Å². The largest absolute Gasteiger partial charge is 0.512 e. The van der Waals surface area contributed by atoms with Gasteiger partial charge in [-0.3, -0.25) is 9.78 Å². The zero-order chi connectivity index (χ0) is 48.2. The van der Waals surface area contributed by atoms with Gasteiger partial charge in [0.1, 0.15) is 0 Å². The van der Waals surface area contributed by atoms with Crippen molar-refractivity contribution in [2.45, 2.75) is 61.8 Å². The maximum atomic E-state index is 10.0. The monoisotopic (exact) mass is 1270 g/mol. The molecule has 3 heterocycles. The standard InChI is InChI=1S/C28H27N2.C18H12N.C11H8N.C5H8O2.2Ir/c1-17-10-18(2)13-23(12-17)27-28(24-14-19(3)11-20(4)15-24)30-25(16-29-27)26-21(5)8-7-9-22(26)6;1-2-6-13(7-3-1)18-11-15-10-14-8-4-5-9-16(14)17(15)12-19-18;1-2-6-10(7-3-1)11-8-4-5-9-12-11;1-4(6)3-5(2)7;;/h7-12,14-16H,1-6H3;1-6,8-9,11-12H,10H2;1-6,8-9H;3,6H,1-2H3;;/q3*-1;;;. The van der Waals surface area contributed by atoms with E-state index in [0.717, 1.165) is 68.3 Å². The van der Waals surface area contributed by atoms with Gasteiger partial charge in [-0.2, -0.15) is 0 Å². The van der Waals surface area contributed by atoms with Gasteiger partial charge in [-0.1, -0.05) is 104 Å². The average Bonchev–Trinajstić information content (AvgIpc) is 3.70. The zero-order valence-electron chi connectivity index (χ0n) is 40.7. The van der Waals surface area contributed by atoms with Gasteiger partial charge in [0.15, 0.2) is 5.78 Å². The second-order valence-electron chi connectivity index (χ2n) is 17.1. The summed E-state index contributed by atoms with van der Waals surface area (Å²) in [6.45, 7) is 15.5. The average molecular weight is 1270 g/mol. The molecule has 2 radical (unpaired) electrons. The van der Waals surface area contributed by atoms with Crippen molar-refractivity contribution in [2.75, 3.05) is 0 Å². The number of aromatic nitrogens is 4. The minimum atomic E-state index is -0.125. The van der Waals surface area contributed by atoms with E-state index in [0.29, 0.717) is 0 Å². The van der Waals surface area contributed by atoms with Crippen LogP contribution in [0.25, 0.3) is 67.4 Å². The third-order valence-corrected chi connectivity index (χ3v) is 11.1. The Kier molecular flexibility index (Phi) is 19.9. The molecule has 8 heteroatoms. The fraction of sp³-hybridized carbons (Fsp3) is 0.145. The van der Waals surface area contributed by atoms with E-state index < -0.39 is 0 Å². The van der Waals surface area contributed by atoms with Crippen molar-refractivity contribution in [1.82, 2.24) is 19.9 Å². The minimum absolute atomic E-state index is 0. The first kappa shape index (κ1) is 54.2. The van der Waals surface area contributed by atoms with Gasteiger partial charge in [-0.15, -0.1) is 107 Å². The van der Waals surface area contributed by atoms with Gasteiger partial charge in [-0.05, 0) is 98.8 Å². The van der Waals surface area contributed by atoms with Crippen molar-refractivity contribution in [3.05, 3.63) is 239 Å². The van der Waals surface area contributed by atoms with Crippen LogP contribution in [0.3, 0.4) is 0 Å². The molecule has 0 spiro atoms. The molecule has 70 heavy (non-hydrogen) atoms. The van der Waals surface area contributed by atoms with Gasteiger partial charge < -0.3 is 20.1 Å². The molecule has 10 rings (SSSR count). The van der Waals surface area contributed by atoms with E-state index in [4.69, 9.17) is 15.1 Å². The van der Waals surface area contributed by atoms with Crippen LogP contribution in [-0.4, -0.2) is 30.8 Å². The Morgan fingerprint density at radius 1 is 0.557 bits per heavy atom. The topological polar surface area (TPSA) is 88.9 Å². The van der Waals surface area contributed by atoms with Crippen LogP contribution in [0.2, 0.25) is 0 Å². The number of benzene rings is 6. The smallest absolute Gasteiger partial charge is 0.155 e. The summed E-state index contributed by atoms with van der Waals surface area (Å²) in [6.07, 6.45) is 7.86. The zero-order valence-corrected chi connectivity index (χ0v) is 45.5. The van der Waals surface area contributed by atoms with E-state index in [1.54, 1.807) is 6.20 Å². The number of carbonyl (C=O) groups is 1. The number of hydrogen-bond acceptors (Lipinski definition) is 6. The molecule has 1 aliphatic carbocycles. The maximum Gasteiger partial charge on any atom is 0.155 e. The molecule has 1 N–H and O–H groups in total. The second-order valence-corrected chi connectivity index (χ2v) is 17.1. The van der Waals surface area contributed by atoms with Crippen LogP contribution in [0.5, 0.6) is 0 Å². The van der Waals surface area contributed by atoms with Crippen LogP contribution >= 0.6 is 0 Å². The van der Waals surface area contributed by atoms with Crippen molar-refractivity contribution >= 4 is 5.78 Å².